The summed E-state index contributed by atoms with van der Waals surface area (Å²) in [5, 5.41) is 2.81. The van der Waals surface area contributed by atoms with Gasteiger partial charge in [0.1, 0.15) is 5.65 Å². The quantitative estimate of drug-likeness (QED) is 0.895. The number of nitrogens with one attached hydrogen (secondary N) is 1. The highest BCUT2D eigenvalue weighted by molar-refractivity contribution is 7.91. The third kappa shape index (κ3) is 2.92. The van der Waals surface area contributed by atoms with Gasteiger partial charge in [0.2, 0.25) is 5.91 Å². The lowest BCUT2D eigenvalue weighted by Crippen LogP contribution is -2.36. The van der Waals surface area contributed by atoms with Crippen LogP contribution in [0.3, 0.4) is 0 Å². The van der Waals surface area contributed by atoms with Crippen molar-refractivity contribution in [3.8, 4) is 0 Å². The fraction of sp³-hybridized carbons (Fsp3) is 0.429. The molecule has 1 N–H and O–H groups in total. The number of aromatic nitrogens is 2. The fourth-order valence-corrected chi connectivity index (χ4v) is 4.39. The van der Waals surface area contributed by atoms with E-state index in [0.717, 1.165) is 17.0 Å². The van der Waals surface area contributed by atoms with Gasteiger partial charge in [0, 0.05) is 12.2 Å². The van der Waals surface area contributed by atoms with Gasteiger partial charge in [0.15, 0.2) is 9.84 Å². The molecular formula is C14H17N3O3S. The summed E-state index contributed by atoms with van der Waals surface area (Å²) >= 11 is 0. The molecule has 21 heavy (non-hydrogen) atoms. The third-order valence-corrected chi connectivity index (χ3v) is 5.52. The normalized spacial score (nSPS) is 20.7. The van der Waals surface area contributed by atoms with Gasteiger partial charge in [0.05, 0.1) is 29.3 Å². The average Bonchev–Trinajstić information content (AvgIpc) is 2.90. The molecule has 3 heterocycles. The second-order valence-electron chi connectivity index (χ2n) is 5.42. The van der Waals surface area contributed by atoms with Gasteiger partial charge in [-0.3, -0.25) is 4.79 Å². The average molecular weight is 307 g/mol. The maximum absolute atomic E-state index is 12.1. The van der Waals surface area contributed by atoms with Crippen LogP contribution in [0.25, 0.3) is 5.65 Å². The summed E-state index contributed by atoms with van der Waals surface area (Å²) in [6, 6.07) is 5.41. The molecule has 0 spiro atoms. The first-order valence-electron chi connectivity index (χ1n) is 6.87. The second kappa shape index (κ2) is 5.14. The van der Waals surface area contributed by atoms with Crippen molar-refractivity contribution < 1.29 is 13.2 Å². The van der Waals surface area contributed by atoms with Gasteiger partial charge in [-0.1, -0.05) is 6.07 Å². The van der Waals surface area contributed by atoms with E-state index in [1.165, 1.54) is 0 Å². The number of hydrogen-bond acceptors (Lipinski definition) is 4. The van der Waals surface area contributed by atoms with Crippen molar-refractivity contribution in [3.63, 3.8) is 0 Å². The van der Waals surface area contributed by atoms with Crippen LogP contribution in [-0.4, -0.2) is 41.3 Å². The second-order valence-corrected chi connectivity index (χ2v) is 7.65. The number of carbonyl (C=O) groups excluding carboxylic acids is 1. The van der Waals surface area contributed by atoms with Gasteiger partial charge in [-0.15, -0.1) is 0 Å². The number of carbonyl (C=O) groups is 1. The Morgan fingerprint density at radius 2 is 2.29 bits per heavy atom. The summed E-state index contributed by atoms with van der Waals surface area (Å²) in [6.45, 7) is 1.87. The van der Waals surface area contributed by atoms with E-state index in [0.29, 0.717) is 6.42 Å². The first kappa shape index (κ1) is 14.1. The van der Waals surface area contributed by atoms with Gasteiger partial charge in [-0.2, -0.15) is 0 Å². The molecule has 0 bridgehead atoms. The maximum atomic E-state index is 12.1. The fourth-order valence-electron chi connectivity index (χ4n) is 2.72. The molecule has 2 aromatic rings. The van der Waals surface area contributed by atoms with Gasteiger partial charge >= 0.3 is 0 Å². The molecular weight excluding hydrogens is 290 g/mol. The van der Waals surface area contributed by atoms with Crippen LogP contribution in [0.5, 0.6) is 0 Å². The minimum Gasteiger partial charge on any atom is -0.352 e. The van der Waals surface area contributed by atoms with Crippen molar-refractivity contribution in [3.05, 3.63) is 35.8 Å². The predicted molar refractivity (Wildman–Crippen MR) is 78.8 cm³/mol. The lowest BCUT2D eigenvalue weighted by Gasteiger charge is -2.11. The number of rotatable bonds is 3. The Balaban J connectivity index is 1.74. The maximum Gasteiger partial charge on any atom is 0.226 e. The van der Waals surface area contributed by atoms with Crippen LogP contribution >= 0.6 is 0 Å². The molecule has 1 fully saturated rings. The highest BCUT2D eigenvalue weighted by Gasteiger charge is 2.29. The molecule has 7 heteroatoms. The van der Waals surface area contributed by atoms with Gasteiger partial charge in [-0.25, -0.2) is 13.4 Å². The monoisotopic (exact) mass is 307 g/mol. The molecule has 2 aromatic heterocycles. The number of nitrogens with zero attached hydrogens (tertiary/aromatic N) is 2. The first-order valence-corrected chi connectivity index (χ1v) is 8.69. The lowest BCUT2D eigenvalue weighted by molar-refractivity contribution is -0.121. The minimum atomic E-state index is -2.98. The van der Waals surface area contributed by atoms with E-state index in [1.807, 2.05) is 35.7 Å². The molecule has 0 saturated carbocycles. The summed E-state index contributed by atoms with van der Waals surface area (Å²) in [5.41, 5.74) is 2.46. The number of fused-ring (bicyclic) bond motifs is 1. The molecule has 1 saturated heterocycles. The first-order chi connectivity index (χ1) is 9.94. The van der Waals surface area contributed by atoms with Gasteiger partial charge < -0.3 is 9.72 Å². The molecule has 0 radical (unpaired) electrons. The van der Waals surface area contributed by atoms with E-state index in [-0.39, 0.29) is 29.9 Å². The standard InChI is InChI=1S/C14H17N3O3S/c1-10-12(17-6-3-2-4-13(17)15-10)8-14(18)16-11-5-7-21(19,20)9-11/h2-4,6,11H,5,7-9H2,1H3,(H,16,18). The Bertz CT molecular complexity index is 795. The Morgan fingerprint density at radius 1 is 1.48 bits per heavy atom. The van der Waals surface area contributed by atoms with Crippen LogP contribution in [0.1, 0.15) is 17.8 Å². The molecule has 3 rings (SSSR count). The van der Waals surface area contributed by atoms with Crippen LogP contribution in [0, 0.1) is 6.92 Å². The highest BCUT2D eigenvalue weighted by Crippen LogP contribution is 2.14. The summed E-state index contributed by atoms with van der Waals surface area (Å²) in [4.78, 5) is 16.5. The van der Waals surface area contributed by atoms with Gasteiger partial charge in [0.25, 0.3) is 0 Å². The zero-order valence-electron chi connectivity index (χ0n) is 11.7. The Hall–Kier alpha value is -1.89. The van der Waals surface area contributed by atoms with E-state index in [2.05, 4.69) is 10.3 Å². The Morgan fingerprint density at radius 3 is 3.00 bits per heavy atom. The van der Waals surface area contributed by atoms with Crippen LogP contribution in [0.2, 0.25) is 0 Å². The lowest BCUT2D eigenvalue weighted by atomic mass is 10.2. The van der Waals surface area contributed by atoms with Crippen molar-refractivity contribution in [2.75, 3.05) is 11.5 Å². The molecule has 112 valence electrons. The van der Waals surface area contributed by atoms with Crippen molar-refractivity contribution in [2.45, 2.75) is 25.8 Å². The largest absolute Gasteiger partial charge is 0.352 e. The van der Waals surface area contributed by atoms with Gasteiger partial charge in [-0.05, 0) is 25.5 Å². The van der Waals surface area contributed by atoms with Crippen molar-refractivity contribution in [2.24, 2.45) is 0 Å². The topological polar surface area (TPSA) is 80.5 Å². The van der Waals surface area contributed by atoms with E-state index < -0.39 is 9.84 Å². The smallest absolute Gasteiger partial charge is 0.226 e. The summed E-state index contributed by atoms with van der Waals surface area (Å²) in [5.74, 6) is 0.0446. The zero-order valence-corrected chi connectivity index (χ0v) is 12.6. The predicted octanol–water partition coefficient (Wildman–Crippen LogP) is 0.489. The summed E-state index contributed by atoms with van der Waals surface area (Å²) in [6.07, 6.45) is 2.58. The molecule has 6 nitrogen and oxygen atoms in total. The number of sulfone groups is 1. The number of amides is 1. The van der Waals surface area contributed by atoms with Crippen molar-refractivity contribution >= 4 is 21.4 Å². The molecule has 1 amide bonds. The molecule has 1 aliphatic heterocycles. The van der Waals surface area contributed by atoms with Crippen LogP contribution < -0.4 is 5.32 Å². The van der Waals surface area contributed by atoms with E-state index >= 15 is 0 Å². The zero-order chi connectivity index (χ0) is 15.0. The minimum absolute atomic E-state index is 0.0465. The SMILES string of the molecule is Cc1nc2ccccn2c1CC(=O)NC1CCS(=O)(=O)C1. The van der Waals surface area contributed by atoms with Crippen molar-refractivity contribution in [1.29, 1.82) is 0 Å². The molecule has 0 aliphatic carbocycles. The summed E-state index contributed by atoms with van der Waals surface area (Å²) in [7, 11) is -2.98. The van der Waals surface area contributed by atoms with Crippen LogP contribution in [-0.2, 0) is 21.1 Å². The van der Waals surface area contributed by atoms with E-state index in [9.17, 15) is 13.2 Å². The van der Waals surface area contributed by atoms with Crippen LogP contribution in [0.15, 0.2) is 24.4 Å². The molecule has 0 aromatic carbocycles. The Labute approximate surface area is 123 Å². The number of pyridine rings is 1. The van der Waals surface area contributed by atoms with Crippen molar-refractivity contribution in [1.82, 2.24) is 14.7 Å². The number of hydrogen-bond donors (Lipinski definition) is 1. The highest BCUT2D eigenvalue weighted by atomic mass is 32.2. The molecule has 1 atom stereocenters. The Kier molecular flexibility index (Phi) is 3.44. The number of imidazole rings is 1. The van der Waals surface area contributed by atoms with Crippen LogP contribution in [0.4, 0.5) is 0 Å². The molecule has 1 unspecified atom stereocenters. The molecule has 1 aliphatic rings. The van der Waals surface area contributed by atoms with E-state index in [1.54, 1.807) is 0 Å². The third-order valence-electron chi connectivity index (χ3n) is 3.75. The summed E-state index contributed by atoms with van der Waals surface area (Å²) < 4.78 is 24.7. The number of aryl methyl sites for hydroxylation is 1. The van der Waals surface area contributed by atoms with E-state index in [4.69, 9.17) is 0 Å².